The van der Waals surface area contributed by atoms with E-state index in [1.165, 1.54) is 6.92 Å². The molecule has 0 unspecified atom stereocenters. The zero-order valence-corrected chi connectivity index (χ0v) is 17.5. The van der Waals surface area contributed by atoms with Crippen LogP contribution < -0.4 is 5.32 Å². The summed E-state index contributed by atoms with van der Waals surface area (Å²) < 4.78 is 0. The second kappa shape index (κ2) is 10.5. The molecule has 0 radical (unpaired) electrons. The summed E-state index contributed by atoms with van der Waals surface area (Å²) in [6.45, 7) is 1.71. The standard InChI is InChI=1S/C26H28N2O2/c1-20(29)24(18-21-12-6-3-7-13-21)27-25(30)19-28(2)26(22-14-8-4-9-15-22)23-16-10-5-11-17-23/h3-17,24,26H,18-19H2,1-2H3,(H,27,30)/t24-/m1/s1. The molecule has 0 aromatic heterocycles. The SMILES string of the molecule is CC(=O)[C@@H](Cc1ccccc1)NC(=O)CN(C)C(c1ccccc1)c1ccccc1. The molecule has 0 fully saturated rings. The van der Waals surface area contributed by atoms with Gasteiger partial charge in [0.1, 0.15) is 0 Å². The van der Waals surface area contributed by atoms with E-state index in [1.807, 2.05) is 78.7 Å². The number of likely N-dealkylation sites (N-methyl/N-ethyl adjacent to an activating group) is 1. The monoisotopic (exact) mass is 400 g/mol. The number of benzene rings is 3. The Morgan fingerprint density at radius 1 is 0.800 bits per heavy atom. The zero-order valence-electron chi connectivity index (χ0n) is 17.5. The molecular formula is C26H28N2O2. The highest BCUT2D eigenvalue weighted by Crippen LogP contribution is 2.27. The minimum Gasteiger partial charge on any atom is -0.345 e. The number of amides is 1. The topological polar surface area (TPSA) is 49.4 Å². The maximum Gasteiger partial charge on any atom is 0.234 e. The van der Waals surface area contributed by atoms with E-state index < -0.39 is 6.04 Å². The molecule has 30 heavy (non-hydrogen) atoms. The first-order valence-electron chi connectivity index (χ1n) is 10.2. The van der Waals surface area contributed by atoms with Crippen molar-refractivity contribution in [3.63, 3.8) is 0 Å². The molecule has 3 rings (SSSR count). The van der Waals surface area contributed by atoms with E-state index in [9.17, 15) is 9.59 Å². The third-order valence-corrected chi connectivity index (χ3v) is 5.17. The number of rotatable bonds is 9. The van der Waals surface area contributed by atoms with E-state index >= 15 is 0 Å². The van der Waals surface area contributed by atoms with Crippen LogP contribution in [0.15, 0.2) is 91.0 Å². The summed E-state index contributed by atoms with van der Waals surface area (Å²) in [5, 5.41) is 2.92. The maximum atomic E-state index is 12.8. The summed E-state index contributed by atoms with van der Waals surface area (Å²) >= 11 is 0. The van der Waals surface area contributed by atoms with E-state index in [0.29, 0.717) is 6.42 Å². The van der Waals surface area contributed by atoms with E-state index in [2.05, 4.69) is 29.6 Å². The molecule has 0 aliphatic carbocycles. The minimum atomic E-state index is -0.528. The molecule has 0 aliphatic heterocycles. The van der Waals surface area contributed by atoms with E-state index in [1.54, 1.807) is 0 Å². The highest BCUT2D eigenvalue weighted by molar-refractivity contribution is 5.88. The number of hydrogen-bond donors (Lipinski definition) is 1. The summed E-state index contributed by atoms with van der Waals surface area (Å²) in [7, 11) is 1.93. The molecule has 4 nitrogen and oxygen atoms in total. The van der Waals surface area contributed by atoms with Crippen LogP contribution in [0.1, 0.15) is 29.7 Å². The van der Waals surface area contributed by atoms with E-state index in [4.69, 9.17) is 0 Å². The molecule has 3 aromatic rings. The molecule has 154 valence electrons. The lowest BCUT2D eigenvalue weighted by Gasteiger charge is -2.29. The van der Waals surface area contributed by atoms with Crippen molar-refractivity contribution in [3.8, 4) is 0 Å². The Morgan fingerprint density at radius 3 is 1.73 bits per heavy atom. The van der Waals surface area contributed by atoms with Gasteiger partial charge in [0.15, 0.2) is 5.78 Å². The van der Waals surface area contributed by atoms with Gasteiger partial charge in [-0.25, -0.2) is 0 Å². The fraction of sp³-hybridized carbons (Fsp3) is 0.231. The summed E-state index contributed by atoms with van der Waals surface area (Å²) in [5.41, 5.74) is 3.26. The van der Waals surface area contributed by atoms with Crippen molar-refractivity contribution in [1.29, 1.82) is 0 Å². The number of carbonyl (C=O) groups excluding carboxylic acids is 2. The van der Waals surface area contributed by atoms with Crippen LogP contribution in [0.3, 0.4) is 0 Å². The molecule has 0 heterocycles. The van der Waals surface area contributed by atoms with Crippen molar-refractivity contribution in [2.75, 3.05) is 13.6 Å². The molecule has 0 saturated carbocycles. The lowest BCUT2D eigenvalue weighted by molar-refractivity contribution is -0.127. The van der Waals surface area contributed by atoms with Gasteiger partial charge < -0.3 is 5.32 Å². The Kier molecular flexibility index (Phi) is 7.52. The Morgan fingerprint density at radius 2 is 1.27 bits per heavy atom. The van der Waals surface area contributed by atoms with E-state index in [-0.39, 0.29) is 24.3 Å². The lowest BCUT2D eigenvalue weighted by atomic mass is 9.97. The predicted octanol–water partition coefficient (Wildman–Crippen LogP) is 4.02. The number of nitrogens with one attached hydrogen (secondary N) is 1. The maximum absolute atomic E-state index is 12.8. The first kappa shape index (κ1) is 21.5. The largest absolute Gasteiger partial charge is 0.345 e. The van der Waals surface area contributed by atoms with E-state index in [0.717, 1.165) is 16.7 Å². The van der Waals surface area contributed by atoms with Crippen molar-refractivity contribution in [2.24, 2.45) is 0 Å². The van der Waals surface area contributed by atoms with Gasteiger partial charge in [-0.1, -0.05) is 91.0 Å². The van der Waals surface area contributed by atoms with Gasteiger partial charge in [0.2, 0.25) is 5.91 Å². The highest BCUT2D eigenvalue weighted by atomic mass is 16.2. The summed E-state index contributed by atoms with van der Waals surface area (Å²) in [6, 6.07) is 29.4. The molecule has 1 N–H and O–H groups in total. The van der Waals surface area contributed by atoms with Crippen LogP contribution in [0.5, 0.6) is 0 Å². The van der Waals surface area contributed by atoms with Gasteiger partial charge >= 0.3 is 0 Å². The Hall–Kier alpha value is -3.24. The fourth-order valence-electron chi connectivity index (χ4n) is 3.68. The first-order chi connectivity index (χ1) is 14.5. The minimum absolute atomic E-state index is 0.0440. The van der Waals surface area contributed by atoms with Gasteiger partial charge in [-0.3, -0.25) is 14.5 Å². The Balaban J connectivity index is 1.72. The molecule has 1 atom stereocenters. The van der Waals surface area contributed by atoms with Crippen molar-refractivity contribution in [3.05, 3.63) is 108 Å². The highest BCUT2D eigenvalue weighted by Gasteiger charge is 2.23. The van der Waals surface area contributed by atoms with Crippen molar-refractivity contribution < 1.29 is 9.59 Å². The van der Waals surface area contributed by atoms with Crippen LogP contribution >= 0.6 is 0 Å². The van der Waals surface area contributed by atoms with Gasteiger partial charge in [0.25, 0.3) is 0 Å². The fourth-order valence-corrected chi connectivity index (χ4v) is 3.68. The summed E-state index contributed by atoms with van der Waals surface area (Å²) in [4.78, 5) is 27.0. The lowest BCUT2D eigenvalue weighted by Crippen LogP contribution is -2.46. The quantitative estimate of drug-likeness (QED) is 0.590. The van der Waals surface area contributed by atoms with Gasteiger partial charge in [0, 0.05) is 0 Å². The van der Waals surface area contributed by atoms with Gasteiger partial charge in [-0.15, -0.1) is 0 Å². The number of ketones is 1. The molecule has 0 aliphatic rings. The second-order valence-electron chi connectivity index (χ2n) is 7.56. The third-order valence-electron chi connectivity index (χ3n) is 5.17. The van der Waals surface area contributed by atoms with Crippen molar-refractivity contribution in [2.45, 2.75) is 25.4 Å². The van der Waals surface area contributed by atoms with Gasteiger partial charge in [-0.2, -0.15) is 0 Å². The van der Waals surface area contributed by atoms with Crippen LogP contribution in [-0.2, 0) is 16.0 Å². The number of nitrogens with zero attached hydrogens (tertiary/aromatic N) is 1. The molecule has 4 heteroatoms. The molecule has 1 amide bonds. The zero-order chi connectivity index (χ0) is 21.3. The van der Waals surface area contributed by atoms with Gasteiger partial charge in [0.05, 0.1) is 18.6 Å². The second-order valence-corrected chi connectivity index (χ2v) is 7.56. The normalized spacial score (nSPS) is 12.0. The molecule has 0 saturated heterocycles. The molecule has 0 bridgehead atoms. The van der Waals surface area contributed by atoms with Crippen LogP contribution in [0.4, 0.5) is 0 Å². The molecule has 3 aromatic carbocycles. The van der Waals surface area contributed by atoms with Crippen LogP contribution in [0.2, 0.25) is 0 Å². The van der Waals surface area contributed by atoms with Crippen LogP contribution in [0, 0.1) is 0 Å². The van der Waals surface area contributed by atoms with Crippen LogP contribution in [0.25, 0.3) is 0 Å². The smallest absolute Gasteiger partial charge is 0.234 e. The summed E-state index contributed by atoms with van der Waals surface area (Å²) in [6.07, 6.45) is 0.492. The Labute approximate surface area is 178 Å². The van der Waals surface area contributed by atoms with Crippen molar-refractivity contribution in [1.82, 2.24) is 10.2 Å². The third kappa shape index (κ3) is 5.88. The number of hydrogen-bond acceptors (Lipinski definition) is 3. The van der Waals surface area contributed by atoms with Gasteiger partial charge in [-0.05, 0) is 37.1 Å². The molecular weight excluding hydrogens is 372 g/mol. The predicted molar refractivity (Wildman–Crippen MR) is 120 cm³/mol. The van der Waals surface area contributed by atoms with Crippen LogP contribution in [-0.4, -0.2) is 36.2 Å². The first-order valence-corrected chi connectivity index (χ1v) is 10.2. The Bertz CT molecular complexity index is 903. The number of Topliss-reactive ketones (excluding diaryl/α,β-unsaturated/α-hetero) is 1. The molecule has 0 spiro atoms. The average Bonchev–Trinajstić information content (AvgIpc) is 2.75. The van der Waals surface area contributed by atoms with Crippen molar-refractivity contribution >= 4 is 11.7 Å². The number of carbonyl (C=O) groups is 2. The average molecular weight is 401 g/mol. The summed E-state index contributed by atoms with van der Waals surface area (Å²) in [5.74, 6) is -0.206.